The molecule has 1 aliphatic rings. The number of benzene rings is 1. The quantitative estimate of drug-likeness (QED) is 0.821. The van der Waals surface area contributed by atoms with Crippen molar-refractivity contribution in [1.29, 1.82) is 0 Å². The highest BCUT2D eigenvalue weighted by Gasteiger charge is 2.28. The number of hydrogen-bond donors (Lipinski definition) is 2. The van der Waals surface area contributed by atoms with Crippen LogP contribution in [0, 0.1) is 5.92 Å². The van der Waals surface area contributed by atoms with Crippen LogP contribution in [0.3, 0.4) is 0 Å². The Bertz CT molecular complexity index is 657. The molecular formula is C15H17N3O2. The number of ether oxygens (including phenoxy) is 1. The van der Waals surface area contributed by atoms with Crippen LogP contribution in [0.15, 0.2) is 30.5 Å². The number of anilines is 2. The summed E-state index contributed by atoms with van der Waals surface area (Å²) in [6.07, 6.45) is 2.60. The van der Waals surface area contributed by atoms with Crippen LogP contribution >= 0.6 is 0 Å². The molecule has 20 heavy (non-hydrogen) atoms. The maximum Gasteiger partial charge on any atom is 0.229 e. The minimum Gasteiger partial charge on any atom is -0.397 e. The van der Waals surface area contributed by atoms with Crippen molar-refractivity contribution in [1.82, 2.24) is 4.98 Å². The molecule has 1 saturated heterocycles. The van der Waals surface area contributed by atoms with Crippen LogP contribution in [0.1, 0.15) is 13.3 Å². The van der Waals surface area contributed by atoms with Gasteiger partial charge in [-0.2, -0.15) is 0 Å². The Morgan fingerprint density at radius 1 is 1.45 bits per heavy atom. The number of rotatable bonds is 2. The lowest BCUT2D eigenvalue weighted by Gasteiger charge is -2.12. The SMILES string of the molecule is CC1CC(C(=O)Nc2ccc(N)c3ncccc23)CO1. The first kappa shape index (κ1) is 12.9. The van der Waals surface area contributed by atoms with Gasteiger partial charge in [0.1, 0.15) is 0 Å². The van der Waals surface area contributed by atoms with Crippen LogP contribution in [-0.2, 0) is 9.53 Å². The highest BCUT2D eigenvalue weighted by molar-refractivity contribution is 6.05. The average Bonchev–Trinajstić information content (AvgIpc) is 2.89. The predicted molar refractivity (Wildman–Crippen MR) is 78.3 cm³/mol. The number of nitrogens with zero attached hydrogens (tertiary/aromatic N) is 1. The Labute approximate surface area is 117 Å². The Kier molecular flexibility index (Phi) is 3.28. The van der Waals surface area contributed by atoms with E-state index < -0.39 is 0 Å². The lowest BCUT2D eigenvalue weighted by atomic mass is 10.0. The molecule has 5 heteroatoms. The maximum atomic E-state index is 12.2. The molecule has 1 fully saturated rings. The molecule has 3 N–H and O–H groups in total. The van der Waals surface area contributed by atoms with E-state index in [2.05, 4.69) is 10.3 Å². The number of nitrogen functional groups attached to an aromatic ring is 1. The Morgan fingerprint density at radius 3 is 3.05 bits per heavy atom. The van der Waals surface area contributed by atoms with Crippen LogP contribution in [0.2, 0.25) is 0 Å². The van der Waals surface area contributed by atoms with E-state index in [9.17, 15) is 4.79 Å². The second-order valence-electron chi connectivity index (χ2n) is 5.17. The molecule has 0 radical (unpaired) electrons. The first-order valence-electron chi connectivity index (χ1n) is 6.71. The van der Waals surface area contributed by atoms with E-state index in [1.807, 2.05) is 25.1 Å². The number of pyridine rings is 1. The number of aromatic nitrogens is 1. The zero-order valence-electron chi connectivity index (χ0n) is 11.3. The molecule has 1 aromatic heterocycles. The van der Waals surface area contributed by atoms with Gasteiger partial charge in [0.2, 0.25) is 5.91 Å². The van der Waals surface area contributed by atoms with E-state index in [0.717, 1.165) is 17.5 Å². The van der Waals surface area contributed by atoms with Gasteiger partial charge in [-0.25, -0.2) is 0 Å². The second-order valence-corrected chi connectivity index (χ2v) is 5.17. The van der Waals surface area contributed by atoms with Crippen molar-refractivity contribution >= 4 is 28.2 Å². The molecule has 5 nitrogen and oxygen atoms in total. The first-order chi connectivity index (χ1) is 9.65. The summed E-state index contributed by atoms with van der Waals surface area (Å²) in [5.74, 6) is -0.0986. The number of nitrogens with one attached hydrogen (secondary N) is 1. The molecule has 3 rings (SSSR count). The lowest BCUT2D eigenvalue weighted by molar-refractivity contribution is -0.119. The summed E-state index contributed by atoms with van der Waals surface area (Å²) in [6.45, 7) is 2.47. The maximum absolute atomic E-state index is 12.2. The smallest absolute Gasteiger partial charge is 0.229 e. The largest absolute Gasteiger partial charge is 0.397 e. The third kappa shape index (κ3) is 2.32. The van der Waals surface area contributed by atoms with E-state index in [0.29, 0.717) is 17.8 Å². The highest BCUT2D eigenvalue weighted by atomic mass is 16.5. The molecule has 1 aliphatic heterocycles. The predicted octanol–water partition coefficient (Wildman–Crippen LogP) is 2.18. The fourth-order valence-corrected chi connectivity index (χ4v) is 2.54. The third-order valence-corrected chi connectivity index (χ3v) is 3.63. The topological polar surface area (TPSA) is 77.2 Å². The van der Waals surface area contributed by atoms with Gasteiger partial charge in [-0.15, -0.1) is 0 Å². The van der Waals surface area contributed by atoms with Crippen LogP contribution in [0.25, 0.3) is 10.9 Å². The van der Waals surface area contributed by atoms with E-state index in [1.165, 1.54) is 0 Å². The normalized spacial score (nSPS) is 22.1. The van der Waals surface area contributed by atoms with Crippen LogP contribution in [0.4, 0.5) is 11.4 Å². The third-order valence-electron chi connectivity index (χ3n) is 3.63. The fraction of sp³-hybridized carbons (Fsp3) is 0.333. The van der Waals surface area contributed by atoms with Crippen molar-refractivity contribution in [3.8, 4) is 0 Å². The number of carbonyl (C=O) groups excluding carboxylic acids is 1. The molecule has 0 aliphatic carbocycles. The summed E-state index contributed by atoms with van der Waals surface area (Å²) in [4.78, 5) is 16.5. The van der Waals surface area contributed by atoms with Crippen LogP contribution < -0.4 is 11.1 Å². The van der Waals surface area contributed by atoms with Gasteiger partial charge in [0, 0.05) is 11.6 Å². The molecule has 0 saturated carbocycles. The van der Waals surface area contributed by atoms with Gasteiger partial charge in [-0.3, -0.25) is 9.78 Å². The van der Waals surface area contributed by atoms with Crippen LogP contribution in [0.5, 0.6) is 0 Å². The van der Waals surface area contributed by atoms with Gasteiger partial charge >= 0.3 is 0 Å². The van der Waals surface area contributed by atoms with Crippen molar-refractivity contribution in [3.63, 3.8) is 0 Å². The fourth-order valence-electron chi connectivity index (χ4n) is 2.54. The molecule has 104 valence electrons. The summed E-state index contributed by atoms with van der Waals surface area (Å²) < 4.78 is 5.44. The Hall–Kier alpha value is -2.14. The summed E-state index contributed by atoms with van der Waals surface area (Å²) in [5.41, 5.74) is 7.96. The second kappa shape index (κ2) is 5.09. The van der Waals surface area contributed by atoms with E-state index in [4.69, 9.17) is 10.5 Å². The summed E-state index contributed by atoms with van der Waals surface area (Å²) in [7, 11) is 0. The zero-order chi connectivity index (χ0) is 14.1. The molecule has 2 heterocycles. The summed E-state index contributed by atoms with van der Waals surface area (Å²) >= 11 is 0. The molecular weight excluding hydrogens is 254 g/mol. The minimum atomic E-state index is -0.0886. The van der Waals surface area contributed by atoms with E-state index >= 15 is 0 Å². The standard InChI is InChI=1S/C15H17N3O2/c1-9-7-10(8-20-9)15(19)18-13-5-4-12(16)14-11(13)3-2-6-17-14/h2-6,9-10H,7-8,16H2,1H3,(H,18,19). The molecule has 0 spiro atoms. The van der Waals surface area contributed by atoms with Gasteiger partial charge in [-0.05, 0) is 37.6 Å². The van der Waals surface area contributed by atoms with Gasteiger partial charge < -0.3 is 15.8 Å². The molecule has 2 aromatic rings. The molecule has 2 unspecified atom stereocenters. The number of nitrogens with two attached hydrogens (primary N) is 1. The van der Waals surface area contributed by atoms with Crippen LogP contribution in [-0.4, -0.2) is 23.6 Å². The molecule has 1 aromatic carbocycles. The van der Waals surface area contributed by atoms with Crippen molar-refractivity contribution in [2.45, 2.75) is 19.4 Å². The minimum absolute atomic E-state index is 0.00993. The van der Waals surface area contributed by atoms with Crippen molar-refractivity contribution in [2.24, 2.45) is 5.92 Å². The highest BCUT2D eigenvalue weighted by Crippen LogP contribution is 2.28. The number of hydrogen-bond acceptors (Lipinski definition) is 4. The first-order valence-corrected chi connectivity index (χ1v) is 6.71. The summed E-state index contributed by atoms with van der Waals surface area (Å²) in [6, 6.07) is 7.31. The molecule has 0 bridgehead atoms. The van der Waals surface area contributed by atoms with Gasteiger partial charge in [0.25, 0.3) is 0 Å². The van der Waals surface area contributed by atoms with Gasteiger partial charge in [0.05, 0.1) is 35.5 Å². The van der Waals surface area contributed by atoms with E-state index in [1.54, 1.807) is 12.3 Å². The van der Waals surface area contributed by atoms with E-state index in [-0.39, 0.29) is 17.9 Å². The Morgan fingerprint density at radius 2 is 2.30 bits per heavy atom. The Balaban J connectivity index is 1.88. The molecule has 2 atom stereocenters. The number of fused-ring (bicyclic) bond motifs is 1. The zero-order valence-corrected chi connectivity index (χ0v) is 11.3. The van der Waals surface area contributed by atoms with Gasteiger partial charge in [-0.1, -0.05) is 0 Å². The monoisotopic (exact) mass is 271 g/mol. The number of amides is 1. The van der Waals surface area contributed by atoms with Crippen molar-refractivity contribution < 1.29 is 9.53 Å². The summed E-state index contributed by atoms with van der Waals surface area (Å²) in [5, 5.41) is 3.81. The lowest BCUT2D eigenvalue weighted by Crippen LogP contribution is -2.23. The van der Waals surface area contributed by atoms with Crippen molar-refractivity contribution in [2.75, 3.05) is 17.7 Å². The van der Waals surface area contributed by atoms with Gasteiger partial charge in [0.15, 0.2) is 0 Å². The average molecular weight is 271 g/mol. The molecule has 1 amide bonds. The number of carbonyl (C=O) groups is 1. The van der Waals surface area contributed by atoms with Crippen molar-refractivity contribution in [3.05, 3.63) is 30.5 Å².